The molecule has 27 heavy (non-hydrogen) atoms. The Bertz CT molecular complexity index is 702. The van der Waals surface area contributed by atoms with Crippen molar-refractivity contribution in [1.29, 1.82) is 0 Å². The first-order chi connectivity index (χ1) is 12.9. The minimum absolute atomic E-state index is 0.0241. The number of hydrogen-bond acceptors (Lipinski definition) is 5. The van der Waals surface area contributed by atoms with Crippen molar-refractivity contribution in [3.05, 3.63) is 29.8 Å². The fourth-order valence-electron chi connectivity index (χ4n) is 4.15. The molecule has 0 unspecified atom stereocenters. The zero-order valence-electron chi connectivity index (χ0n) is 16.6. The normalized spacial score (nSPS) is 28.5. The first kappa shape index (κ1) is 20.2. The predicted octanol–water partition coefficient (Wildman–Crippen LogP) is 2.37. The topological polar surface area (TPSA) is 62.2 Å². The van der Waals surface area contributed by atoms with Crippen molar-refractivity contribution in [2.45, 2.75) is 50.9 Å². The standard InChI is InChI=1S/C22H31NO4/c1-21(2)18-9-11-22(3,10-6-12-23(13-15-24)14-16-25)27-20(18)17-7-4-5-8-19(17)26-21/h4-5,7-8,18,20,24-25H,9,11-16H2,1-3H3/t18-,20+,22+/m1/s1. The molecule has 0 spiro atoms. The molecule has 0 saturated carbocycles. The van der Waals surface area contributed by atoms with Crippen LogP contribution in [0.3, 0.4) is 0 Å². The molecular formula is C22H31NO4. The summed E-state index contributed by atoms with van der Waals surface area (Å²) in [4.78, 5) is 1.94. The Morgan fingerprint density at radius 3 is 2.56 bits per heavy atom. The summed E-state index contributed by atoms with van der Waals surface area (Å²) in [6.45, 7) is 7.99. The Labute approximate surface area is 162 Å². The summed E-state index contributed by atoms with van der Waals surface area (Å²) in [6.07, 6.45) is 1.83. The highest BCUT2D eigenvalue weighted by Crippen LogP contribution is 2.52. The van der Waals surface area contributed by atoms with Gasteiger partial charge in [-0.2, -0.15) is 0 Å². The average Bonchev–Trinajstić information content (AvgIpc) is 2.61. The molecule has 0 aliphatic carbocycles. The van der Waals surface area contributed by atoms with Crippen molar-refractivity contribution in [1.82, 2.24) is 4.90 Å². The molecule has 2 N–H and O–H groups in total. The van der Waals surface area contributed by atoms with Gasteiger partial charge in [0.1, 0.15) is 17.0 Å². The summed E-state index contributed by atoms with van der Waals surface area (Å²) >= 11 is 0. The lowest BCUT2D eigenvalue weighted by atomic mass is 9.73. The van der Waals surface area contributed by atoms with Gasteiger partial charge < -0.3 is 19.7 Å². The first-order valence-corrected chi connectivity index (χ1v) is 9.78. The van der Waals surface area contributed by atoms with Gasteiger partial charge in [0.2, 0.25) is 0 Å². The van der Waals surface area contributed by atoms with Gasteiger partial charge in [0.25, 0.3) is 0 Å². The number of aliphatic hydroxyl groups excluding tert-OH is 2. The maximum absolute atomic E-state index is 9.13. The second kappa shape index (κ2) is 8.20. The van der Waals surface area contributed by atoms with Crippen molar-refractivity contribution in [2.75, 3.05) is 32.8 Å². The maximum Gasteiger partial charge on any atom is 0.126 e. The van der Waals surface area contributed by atoms with Crippen molar-refractivity contribution in [3.8, 4) is 17.6 Å². The van der Waals surface area contributed by atoms with Crippen LogP contribution in [0.15, 0.2) is 24.3 Å². The maximum atomic E-state index is 9.13. The molecule has 1 aromatic carbocycles. The van der Waals surface area contributed by atoms with Crippen LogP contribution in [0.25, 0.3) is 0 Å². The van der Waals surface area contributed by atoms with Crippen molar-refractivity contribution in [3.63, 3.8) is 0 Å². The van der Waals surface area contributed by atoms with Gasteiger partial charge in [0.15, 0.2) is 0 Å². The van der Waals surface area contributed by atoms with E-state index in [9.17, 15) is 0 Å². The molecule has 0 aromatic heterocycles. The molecule has 5 nitrogen and oxygen atoms in total. The molecule has 0 radical (unpaired) electrons. The number of hydrogen-bond donors (Lipinski definition) is 2. The Morgan fingerprint density at radius 1 is 1.15 bits per heavy atom. The van der Waals surface area contributed by atoms with Crippen LogP contribution in [0.5, 0.6) is 5.75 Å². The third kappa shape index (κ3) is 4.47. The number of fused-ring (bicyclic) bond motifs is 3. The number of benzene rings is 1. The lowest BCUT2D eigenvalue weighted by Gasteiger charge is -2.50. The van der Waals surface area contributed by atoms with Gasteiger partial charge in [-0.3, -0.25) is 4.90 Å². The van der Waals surface area contributed by atoms with Gasteiger partial charge in [0.05, 0.1) is 25.9 Å². The summed E-state index contributed by atoms with van der Waals surface area (Å²) in [6, 6.07) is 8.12. The Balaban J connectivity index is 1.77. The summed E-state index contributed by atoms with van der Waals surface area (Å²) in [7, 11) is 0. The second-order valence-corrected chi connectivity index (χ2v) is 8.18. The van der Waals surface area contributed by atoms with E-state index in [1.165, 1.54) is 0 Å². The van der Waals surface area contributed by atoms with E-state index < -0.39 is 5.60 Å². The lowest BCUT2D eigenvalue weighted by Crippen LogP contribution is -2.50. The van der Waals surface area contributed by atoms with Crippen LogP contribution in [0.4, 0.5) is 0 Å². The van der Waals surface area contributed by atoms with Crippen LogP contribution in [0.2, 0.25) is 0 Å². The van der Waals surface area contributed by atoms with Crippen LogP contribution in [0, 0.1) is 17.8 Å². The molecule has 5 heteroatoms. The molecule has 2 aliphatic rings. The van der Waals surface area contributed by atoms with E-state index in [2.05, 4.69) is 38.7 Å². The van der Waals surface area contributed by atoms with Gasteiger partial charge in [-0.05, 0) is 39.7 Å². The van der Waals surface area contributed by atoms with Crippen LogP contribution < -0.4 is 4.74 Å². The highest BCUT2D eigenvalue weighted by molar-refractivity contribution is 5.39. The number of ether oxygens (including phenoxy) is 2. The first-order valence-electron chi connectivity index (χ1n) is 9.78. The van der Waals surface area contributed by atoms with Crippen LogP contribution in [0.1, 0.15) is 45.3 Å². The van der Waals surface area contributed by atoms with Crippen LogP contribution >= 0.6 is 0 Å². The molecule has 3 rings (SSSR count). The summed E-state index contributed by atoms with van der Waals surface area (Å²) in [5.74, 6) is 7.72. The number of aliphatic hydroxyl groups is 2. The monoisotopic (exact) mass is 373 g/mol. The average molecular weight is 373 g/mol. The van der Waals surface area contributed by atoms with Gasteiger partial charge in [-0.1, -0.05) is 30.0 Å². The van der Waals surface area contributed by atoms with Crippen LogP contribution in [-0.2, 0) is 4.74 Å². The van der Waals surface area contributed by atoms with E-state index in [4.69, 9.17) is 19.7 Å². The van der Waals surface area contributed by atoms with Crippen molar-refractivity contribution in [2.24, 2.45) is 5.92 Å². The van der Waals surface area contributed by atoms with E-state index in [1.807, 2.05) is 23.1 Å². The largest absolute Gasteiger partial charge is 0.487 e. The van der Waals surface area contributed by atoms with E-state index in [0.29, 0.717) is 25.6 Å². The number of rotatable bonds is 5. The zero-order valence-corrected chi connectivity index (χ0v) is 16.6. The molecule has 0 bridgehead atoms. The molecule has 1 saturated heterocycles. The third-order valence-corrected chi connectivity index (χ3v) is 5.66. The lowest BCUT2D eigenvalue weighted by molar-refractivity contribution is -0.169. The Morgan fingerprint density at radius 2 is 1.85 bits per heavy atom. The van der Waals surface area contributed by atoms with Crippen molar-refractivity contribution >= 4 is 0 Å². The van der Waals surface area contributed by atoms with Gasteiger partial charge in [-0.15, -0.1) is 0 Å². The van der Waals surface area contributed by atoms with E-state index in [0.717, 1.165) is 24.2 Å². The zero-order chi connectivity index (χ0) is 19.5. The minimum Gasteiger partial charge on any atom is -0.487 e. The van der Waals surface area contributed by atoms with Gasteiger partial charge in [-0.25, -0.2) is 0 Å². The van der Waals surface area contributed by atoms with E-state index >= 15 is 0 Å². The SMILES string of the molecule is CC1(C)Oc2ccccc2[C@@H]2O[C@@](C)(C#CCN(CCO)CCO)CC[C@H]21. The fourth-order valence-corrected chi connectivity index (χ4v) is 4.15. The quantitative estimate of drug-likeness (QED) is 0.776. The van der Waals surface area contributed by atoms with Gasteiger partial charge >= 0.3 is 0 Å². The number of nitrogens with zero attached hydrogens (tertiary/aromatic N) is 1. The van der Waals surface area contributed by atoms with Crippen LogP contribution in [-0.4, -0.2) is 59.2 Å². The molecule has 2 heterocycles. The predicted molar refractivity (Wildman–Crippen MR) is 104 cm³/mol. The Kier molecular flexibility index (Phi) is 6.12. The van der Waals surface area contributed by atoms with E-state index in [-0.39, 0.29) is 24.9 Å². The molecular weight excluding hydrogens is 342 g/mol. The highest BCUT2D eigenvalue weighted by atomic mass is 16.5. The highest BCUT2D eigenvalue weighted by Gasteiger charge is 2.49. The molecule has 2 aliphatic heterocycles. The van der Waals surface area contributed by atoms with E-state index in [1.54, 1.807) is 0 Å². The summed E-state index contributed by atoms with van der Waals surface area (Å²) in [5.41, 5.74) is 0.329. The Hall–Kier alpha value is -1.58. The molecule has 3 atom stereocenters. The third-order valence-electron chi connectivity index (χ3n) is 5.66. The summed E-state index contributed by atoms with van der Waals surface area (Å²) in [5, 5.41) is 18.3. The van der Waals surface area contributed by atoms with Crippen molar-refractivity contribution < 1.29 is 19.7 Å². The number of para-hydroxylation sites is 1. The molecule has 1 aromatic rings. The molecule has 0 amide bonds. The summed E-state index contributed by atoms with van der Waals surface area (Å²) < 4.78 is 12.8. The fraction of sp³-hybridized carbons (Fsp3) is 0.636. The smallest absolute Gasteiger partial charge is 0.126 e. The van der Waals surface area contributed by atoms with Gasteiger partial charge in [0, 0.05) is 24.6 Å². The second-order valence-electron chi connectivity index (χ2n) is 8.18. The minimum atomic E-state index is -0.508. The molecule has 1 fully saturated rings. The molecule has 148 valence electrons.